The van der Waals surface area contributed by atoms with E-state index in [4.69, 9.17) is 5.26 Å². The summed E-state index contributed by atoms with van der Waals surface area (Å²) < 4.78 is 0. The second-order valence-corrected chi connectivity index (χ2v) is 8.15. The van der Waals surface area contributed by atoms with Crippen molar-refractivity contribution in [1.29, 1.82) is 5.26 Å². The number of likely N-dealkylation sites (tertiary alicyclic amines) is 1. The third-order valence-corrected chi connectivity index (χ3v) is 5.95. The molecule has 0 N–H and O–H groups in total. The number of rotatable bonds is 9. The summed E-state index contributed by atoms with van der Waals surface area (Å²) >= 11 is 0. The normalized spacial score (nSPS) is 14.2. The lowest BCUT2D eigenvalue weighted by atomic mass is 10.0. The van der Waals surface area contributed by atoms with Gasteiger partial charge in [0.1, 0.15) is 0 Å². The Morgan fingerprint density at radius 3 is 2.22 bits per heavy atom. The molecule has 6 nitrogen and oxygen atoms in total. The van der Waals surface area contributed by atoms with Crippen LogP contribution in [-0.2, 0) is 4.79 Å². The standard InChI is InChI=1S/C26H32N4O2/c1-2-17-29(21-25(31)30(18-9-16-27)24-12-7-4-8-13-24)23-14-19-28(20-15-23)26(32)22-10-5-3-6-11-22/h3-8,10-13,23H,2,9,14-15,17-21H2,1H3. The average Bonchev–Trinajstić information content (AvgIpc) is 2.85. The molecule has 0 atom stereocenters. The summed E-state index contributed by atoms with van der Waals surface area (Å²) in [5.74, 6) is 0.0941. The van der Waals surface area contributed by atoms with E-state index in [2.05, 4.69) is 17.9 Å². The van der Waals surface area contributed by atoms with Crippen molar-refractivity contribution in [2.75, 3.05) is 37.6 Å². The number of anilines is 1. The molecule has 1 saturated heterocycles. The maximum atomic E-state index is 13.2. The van der Waals surface area contributed by atoms with Gasteiger partial charge < -0.3 is 9.80 Å². The number of carbonyl (C=O) groups excluding carboxylic acids is 2. The van der Waals surface area contributed by atoms with E-state index in [9.17, 15) is 9.59 Å². The number of hydrogen-bond acceptors (Lipinski definition) is 4. The van der Waals surface area contributed by atoms with Gasteiger partial charge in [-0.15, -0.1) is 0 Å². The molecule has 0 aromatic heterocycles. The number of piperidine rings is 1. The van der Waals surface area contributed by atoms with Crippen LogP contribution in [-0.4, -0.2) is 60.4 Å². The summed E-state index contributed by atoms with van der Waals surface area (Å²) in [4.78, 5) is 31.9. The molecule has 32 heavy (non-hydrogen) atoms. The van der Waals surface area contributed by atoms with Crippen LogP contribution in [0.3, 0.4) is 0 Å². The first-order valence-electron chi connectivity index (χ1n) is 11.4. The first-order valence-corrected chi connectivity index (χ1v) is 11.4. The van der Waals surface area contributed by atoms with Gasteiger partial charge in [0.05, 0.1) is 19.0 Å². The summed E-state index contributed by atoms with van der Waals surface area (Å²) in [5.41, 5.74) is 1.55. The van der Waals surface area contributed by atoms with Crippen molar-refractivity contribution < 1.29 is 9.59 Å². The molecule has 1 heterocycles. The molecule has 0 saturated carbocycles. The maximum absolute atomic E-state index is 13.2. The Balaban J connectivity index is 1.63. The fourth-order valence-electron chi connectivity index (χ4n) is 4.30. The summed E-state index contributed by atoms with van der Waals surface area (Å²) in [6, 6.07) is 21.4. The van der Waals surface area contributed by atoms with Gasteiger partial charge in [0.2, 0.25) is 5.91 Å². The SMILES string of the molecule is CCCN(CC(=O)N(CCC#N)c1ccccc1)C1CCN(C(=O)c2ccccc2)CC1. The fourth-order valence-corrected chi connectivity index (χ4v) is 4.30. The number of hydrogen-bond donors (Lipinski definition) is 0. The van der Waals surface area contributed by atoms with Gasteiger partial charge in [-0.3, -0.25) is 14.5 Å². The maximum Gasteiger partial charge on any atom is 0.253 e. The van der Waals surface area contributed by atoms with Crippen LogP contribution in [0.15, 0.2) is 60.7 Å². The molecule has 0 radical (unpaired) electrons. The Morgan fingerprint density at radius 1 is 1.00 bits per heavy atom. The van der Waals surface area contributed by atoms with Gasteiger partial charge in [0.15, 0.2) is 0 Å². The highest BCUT2D eigenvalue weighted by atomic mass is 16.2. The van der Waals surface area contributed by atoms with E-state index in [0.717, 1.165) is 37.1 Å². The summed E-state index contributed by atoms with van der Waals surface area (Å²) in [6.45, 7) is 5.07. The van der Waals surface area contributed by atoms with E-state index in [0.29, 0.717) is 32.6 Å². The molecular formula is C26H32N4O2. The van der Waals surface area contributed by atoms with Crippen LogP contribution < -0.4 is 4.90 Å². The van der Waals surface area contributed by atoms with Crippen LogP contribution in [0, 0.1) is 11.3 Å². The van der Waals surface area contributed by atoms with Gasteiger partial charge in [-0.05, 0) is 50.1 Å². The van der Waals surface area contributed by atoms with E-state index in [1.165, 1.54) is 0 Å². The minimum absolute atomic E-state index is 0.0164. The zero-order chi connectivity index (χ0) is 22.8. The van der Waals surface area contributed by atoms with Crippen LogP contribution in [0.2, 0.25) is 0 Å². The monoisotopic (exact) mass is 432 g/mol. The Labute approximate surface area is 191 Å². The van der Waals surface area contributed by atoms with E-state index in [1.54, 1.807) is 4.90 Å². The molecule has 0 spiro atoms. The van der Waals surface area contributed by atoms with Gasteiger partial charge in [0.25, 0.3) is 5.91 Å². The number of amides is 2. The van der Waals surface area contributed by atoms with Crippen LogP contribution in [0.1, 0.15) is 43.0 Å². The van der Waals surface area contributed by atoms with Gasteiger partial charge >= 0.3 is 0 Å². The highest BCUT2D eigenvalue weighted by molar-refractivity contribution is 5.95. The Hall–Kier alpha value is -3.17. The lowest BCUT2D eigenvalue weighted by Gasteiger charge is -2.39. The minimum atomic E-state index is 0.0164. The molecule has 2 aromatic carbocycles. The predicted octanol–water partition coefficient (Wildman–Crippen LogP) is 3.95. The number of para-hydroxylation sites is 1. The van der Waals surface area contributed by atoms with E-state index < -0.39 is 0 Å². The van der Waals surface area contributed by atoms with E-state index >= 15 is 0 Å². The predicted molar refractivity (Wildman–Crippen MR) is 126 cm³/mol. The van der Waals surface area contributed by atoms with Crippen molar-refractivity contribution in [3.63, 3.8) is 0 Å². The third-order valence-electron chi connectivity index (χ3n) is 5.95. The molecule has 2 amide bonds. The van der Waals surface area contributed by atoms with Crippen LogP contribution in [0.5, 0.6) is 0 Å². The highest BCUT2D eigenvalue weighted by Gasteiger charge is 2.29. The number of carbonyl (C=O) groups is 2. The van der Waals surface area contributed by atoms with Gasteiger partial charge in [0, 0.05) is 36.9 Å². The molecule has 3 rings (SSSR count). The molecule has 0 bridgehead atoms. The fraction of sp³-hybridized carbons (Fsp3) is 0.423. The lowest BCUT2D eigenvalue weighted by Crippen LogP contribution is -2.50. The third kappa shape index (κ3) is 6.18. The van der Waals surface area contributed by atoms with Gasteiger partial charge in [-0.1, -0.05) is 43.3 Å². The quantitative estimate of drug-likeness (QED) is 0.602. The largest absolute Gasteiger partial charge is 0.339 e. The molecule has 6 heteroatoms. The van der Waals surface area contributed by atoms with Crippen molar-refractivity contribution in [3.05, 3.63) is 66.2 Å². The smallest absolute Gasteiger partial charge is 0.253 e. The first kappa shape index (κ1) is 23.5. The van der Waals surface area contributed by atoms with Crippen LogP contribution >= 0.6 is 0 Å². The van der Waals surface area contributed by atoms with E-state index in [1.807, 2.05) is 65.6 Å². The molecule has 1 aliphatic heterocycles. The Bertz CT molecular complexity index is 902. The second kappa shape index (κ2) is 12.0. The van der Waals surface area contributed by atoms with Crippen LogP contribution in [0.25, 0.3) is 0 Å². The molecule has 0 aliphatic carbocycles. The number of benzene rings is 2. The molecule has 1 fully saturated rings. The van der Waals surface area contributed by atoms with E-state index in [-0.39, 0.29) is 17.9 Å². The Kier molecular flexibility index (Phi) is 8.82. The Morgan fingerprint density at radius 2 is 1.62 bits per heavy atom. The number of nitrogens with zero attached hydrogens (tertiary/aromatic N) is 4. The molecule has 0 unspecified atom stereocenters. The van der Waals surface area contributed by atoms with Gasteiger partial charge in [-0.25, -0.2) is 0 Å². The zero-order valence-corrected chi connectivity index (χ0v) is 18.8. The minimum Gasteiger partial charge on any atom is -0.339 e. The lowest BCUT2D eigenvalue weighted by molar-refractivity contribution is -0.120. The summed E-state index contributed by atoms with van der Waals surface area (Å²) in [7, 11) is 0. The van der Waals surface area contributed by atoms with Crippen molar-refractivity contribution >= 4 is 17.5 Å². The summed E-state index contributed by atoms with van der Waals surface area (Å²) in [5, 5.41) is 9.04. The van der Waals surface area contributed by atoms with Gasteiger partial charge in [-0.2, -0.15) is 5.26 Å². The topological polar surface area (TPSA) is 67.7 Å². The van der Waals surface area contributed by atoms with Crippen molar-refractivity contribution in [1.82, 2.24) is 9.80 Å². The molecular weight excluding hydrogens is 400 g/mol. The first-order chi connectivity index (χ1) is 15.6. The summed E-state index contributed by atoms with van der Waals surface area (Å²) in [6.07, 6.45) is 2.97. The molecule has 1 aliphatic rings. The van der Waals surface area contributed by atoms with Crippen molar-refractivity contribution in [2.24, 2.45) is 0 Å². The number of nitriles is 1. The molecule has 168 valence electrons. The highest BCUT2D eigenvalue weighted by Crippen LogP contribution is 2.20. The van der Waals surface area contributed by atoms with Crippen LogP contribution in [0.4, 0.5) is 5.69 Å². The average molecular weight is 433 g/mol. The van der Waals surface area contributed by atoms with Crippen molar-refractivity contribution in [2.45, 2.75) is 38.6 Å². The zero-order valence-electron chi connectivity index (χ0n) is 18.8. The second-order valence-electron chi connectivity index (χ2n) is 8.15. The van der Waals surface area contributed by atoms with Crippen molar-refractivity contribution in [3.8, 4) is 6.07 Å². The molecule has 2 aromatic rings.